The van der Waals surface area contributed by atoms with Crippen molar-refractivity contribution in [2.24, 2.45) is 4.99 Å². The molecule has 0 unspecified atom stereocenters. The average Bonchev–Trinajstić information content (AvgIpc) is 3.04. The minimum atomic E-state index is 0.147. The summed E-state index contributed by atoms with van der Waals surface area (Å²) in [5.41, 5.74) is 2.18. The molecule has 1 aromatic rings. The largest absolute Gasteiger partial charge is 0.377 e. The van der Waals surface area contributed by atoms with Crippen LogP contribution in [-0.4, -0.2) is 42.2 Å². The van der Waals surface area contributed by atoms with Crippen LogP contribution < -0.4 is 4.90 Å². The van der Waals surface area contributed by atoms with Gasteiger partial charge in [0.15, 0.2) is 5.17 Å². The van der Waals surface area contributed by atoms with E-state index in [0.717, 1.165) is 51.5 Å². The molecule has 0 bridgehead atoms. The van der Waals surface area contributed by atoms with Gasteiger partial charge in [-0.25, -0.2) is 0 Å². The minimum absolute atomic E-state index is 0.147. The highest BCUT2D eigenvalue weighted by Gasteiger charge is 2.39. The van der Waals surface area contributed by atoms with E-state index in [1.807, 2.05) is 25.1 Å². The summed E-state index contributed by atoms with van der Waals surface area (Å²) in [6, 6.07) is 6.97. The summed E-state index contributed by atoms with van der Waals surface area (Å²) in [7, 11) is 4.06. The molecule has 0 atom stereocenters. The Kier molecular flexibility index (Phi) is 7.24. The van der Waals surface area contributed by atoms with E-state index in [4.69, 9.17) is 4.99 Å². The van der Waals surface area contributed by atoms with Gasteiger partial charge in [0.2, 0.25) is 0 Å². The molecular formula is C24H32BrN3OS. The van der Waals surface area contributed by atoms with Crippen molar-refractivity contribution in [2.45, 2.75) is 76.3 Å². The minimum Gasteiger partial charge on any atom is -0.377 e. The molecule has 0 N–H and O–H groups in total. The molecule has 1 aromatic carbocycles. The molecule has 1 aliphatic heterocycles. The number of hydrogen-bond acceptors (Lipinski definition) is 4. The van der Waals surface area contributed by atoms with Crippen LogP contribution in [0.15, 0.2) is 32.6 Å². The van der Waals surface area contributed by atoms with Gasteiger partial charge in [-0.1, -0.05) is 44.6 Å². The molecule has 3 aliphatic rings. The second-order valence-corrected chi connectivity index (χ2v) is 10.7. The number of hydrogen-bond donors (Lipinski definition) is 0. The molecule has 0 radical (unpaired) electrons. The van der Waals surface area contributed by atoms with Gasteiger partial charge in [0, 0.05) is 24.6 Å². The molecule has 30 heavy (non-hydrogen) atoms. The Labute approximate surface area is 193 Å². The summed E-state index contributed by atoms with van der Waals surface area (Å²) in [6.45, 7) is 0. The van der Waals surface area contributed by atoms with Crippen LogP contribution >= 0.6 is 27.7 Å². The van der Waals surface area contributed by atoms with Gasteiger partial charge in [-0.2, -0.15) is 0 Å². The number of thioether (sulfide) groups is 1. The SMILES string of the molecule is CN(C)c1ccc(C=C2SC(=NC3CCCCC3)N(C3CCCCC3)C2=O)cc1Br. The molecule has 0 aromatic heterocycles. The normalized spacial score (nSPS) is 24.2. The molecule has 6 heteroatoms. The number of carbonyl (C=O) groups excluding carboxylic acids is 1. The van der Waals surface area contributed by atoms with Crippen LogP contribution in [0, 0.1) is 0 Å². The van der Waals surface area contributed by atoms with Gasteiger partial charge in [0.05, 0.1) is 16.6 Å². The fourth-order valence-electron chi connectivity index (χ4n) is 4.73. The van der Waals surface area contributed by atoms with Crippen molar-refractivity contribution in [3.63, 3.8) is 0 Å². The number of amides is 1. The summed E-state index contributed by atoms with van der Waals surface area (Å²) in [6.07, 6.45) is 14.1. The molecular weight excluding hydrogens is 458 g/mol. The van der Waals surface area contributed by atoms with Gasteiger partial charge in [0.1, 0.15) is 0 Å². The molecule has 1 saturated heterocycles. The number of halogens is 1. The zero-order valence-corrected chi connectivity index (χ0v) is 20.5. The lowest BCUT2D eigenvalue weighted by Crippen LogP contribution is -2.41. The highest BCUT2D eigenvalue weighted by Crippen LogP contribution is 2.39. The van der Waals surface area contributed by atoms with E-state index >= 15 is 0 Å². The number of benzene rings is 1. The Morgan fingerprint density at radius 3 is 2.37 bits per heavy atom. The number of nitrogens with zero attached hydrogens (tertiary/aromatic N) is 3. The second kappa shape index (κ2) is 9.90. The summed E-state index contributed by atoms with van der Waals surface area (Å²) in [5, 5.41) is 0.953. The van der Waals surface area contributed by atoms with E-state index in [-0.39, 0.29) is 5.91 Å². The van der Waals surface area contributed by atoms with Crippen molar-refractivity contribution < 1.29 is 4.79 Å². The Morgan fingerprint density at radius 2 is 1.73 bits per heavy atom. The van der Waals surface area contributed by atoms with Gasteiger partial charge in [-0.05, 0) is 77.1 Å². The predicted molar refractivity (Wildman–Crippen MR) is 132 cm³/mol. The Hall–Kier alpha value is -1.27. The molecule has 2 aliphatic carbocycles. The predicted octanol–water partition coefficient (Wildman–Crippen LogP) is 6.45. The van der Waals surface area contributed by atoms with Crippen LogP contribution in [0.3, 0.4) is 0 Å². The van der Waals surface area contributed by atoms with Crippen LogP contribution in [0.25, 0.3) is 6.08 Å². The van der Waals surface area contributed by atoms with Crippen molar-refractivity contribution in [1.29, 1.82) is 0 Å². The lowest BCUT2D eigenvalue weighted by atomic mass is 9.94. The summed E-state index contributed by atoms with van der Waals surface area (Å²) >= 11 is 5.25. The Morgan fingerprint density at radius 1 is 1.07 bits per heavy atom. The quantitative estimate of drug-likeness (QED) is 0.455. The van der Waals surface area contributed by atoms with Gasteiger partial charge in [-0.15, -0.1) is 0 Å². The van der Waals surface area contributed by atoms with Gasteiger partial charge < -0.3 is 4.90 Å². The van der Waals surface area contributed by atoms with E-state index in [0.29, 0.717) is 12.1 Å². The number of carbonyl (C=O) groups is 1. The number of amidine groups is 1. The Balaban J connectivity index is 1.62. The van der Waals surface area contributed by atoms with Crippen LogP contribution in [0.5, 0.6) is 0 Å². The summed E-state index contributed by atoms with van der Waals surface area (Å²) in [4.78, 5) is 23.5. The second-order valence-electron chi connectivity index (χ2n) is 8.89. The van der Waals surface area contributed by atoms with Crippen LogP contribution in [0.2, 0.25) is 0 Å². The highest BCUT2D eigenvalue weighted by atomic mass is 79.9. The average molecular weight is 491 g/mol. The fraction of sp³-hybridized carbons (Fsp3) is 0.583. The van der Waals surface area contributed by atoms with Crippen LogP contribution in [0.4, 0.5) is 5.69 Å². The zero-order valence-electron chi connectivity index (χ0n) is 18.1. The van der Waals surface area contributed by atoms with E-state index in [9.17, 15) is 4.79 Å². The smallest absolute Gasteiger partial charge is 0.266 e. The van der Waals surface area contributed by atoms with Crippen molar-refractivity contribution >= 4 is 50.5 Å². The van der Waals surface area contributed by atoms with Crippen LogP contribution in [0.1, 0.15) is 69.8 Å². The van der Waals surface area contributed by atoms with Gasteiger partial charge in [0.25, 0.3) is 5.91 Å². The highest BCUT2D eigenvalue weighted by molar-refractivity contribution is 9.10. The van der Waals surface area contributed by atoms with E-state index < -0.39 is 0 Å². The first kappa shape index (κ1) is 21.9. The topological polar surface area (TPSA) is 35.9 Å². The maximum absolute atomic E-state index is 13.5. The maximum Gasteiger partial charge on any atom is 0.266 e. The molecule has 3 fully saturated rings. The molecule has 4 rings (SSSR count). The molecule has 4 nitrogen and oxygen atoms in total. The van der Waals surface area contributed by atoms with E-state index in [1.54, 1.807) is 11.8 Å². The summed E-state index contributed by atoms with van der Waals surface area (Å²) in [5.74, 6) is 0.147. The van der Waals surface area contributed by atoms with Crippen molar-refractivity contribution in [3.8, 4) is 0 Å². The van der Waals surface area contributed by atoms with Crippen molar-refractivity contribution in [2.75, 3.05) is 19.0 Å². The fourth-order valence-corrected chi connectivity index (χ4v) is 6.59. The lowest BCUT2D eigenvalue weighted by molar-refractivity contribution is -0.124. The molecule has 1 heterocycles. The first-order chi connectivity index (χ1) is 14.5. The zero-order chi connectivity index (χ0) is 21.1. The third-order valence-corrected chi connectivity index (χ3v) is 8.03. The molecule has 0 spiro atoms. The third-order valence-electron chi connectivity index (χ3n) is 6.40. The number of aliphatic imine (C=N–C) groups is 1. The first-order valence-electron chi connectivity index (χ1n) is 11.3. The molecule has 1 amide bonds. The van der Waals surface area contributed by atoms with Crippen LogP contribution in [-0.2, 0) is 4.79 Å². The summed E-state index contributed by atoms with van der Waals surface area (Å²) < 4.78 is 1.04. The third kappa shape index (κ3) is 4.96. The van der Waals surface area contributed by atoms with Gasteiger partial charge >= 0.3 is 0 Å². The maximum atomic E-state index is 13.5. The lowest BCUT2D eigenvalue weighted by Gasteiger charge is -2.31. The van der Waals surface area contributed by atoms with E-state index in [2.05, 4.69) is 39.0 Å². The molecule has 2 saturated carbocycles. The first-order valence-corrected chi connectivity index (χ1v) is 12.9. The van der Waals surface area contributed by atoms with Crippen molar-refractivity contribution in [3.05, 3.63) is 33.1 Å². The Bertz CT molecular complexity index is 839. The standard InChI is InChI=1S/C24H32BrN3OS/c1-27(2)21-14-13-17(15-20(21)25)16-22-23(29)28(19-11-7-4-8-12-19)24(30-22)26-18-9-5-3-6-10-18/h13-16,18-19H,3-12H2,1-2H3. The van der Waals surface area contributed by atoms with Crippen molar-refractivity contribution in [1.82, 2.24) is 4.90 Å². The molecule has 162 valence electrons. The van der Waals surface area contributed by atoms with Gasteiger partial charge in [-0.3, -0.25) is 14.7 Å². The monoisotopic (exact) mass is 489 g/mol. The number of rotatable bonds is 4. The number of anilines is 1. The van der Waals surface area contributed by atoms with E-state index in [1.165, 1.54) is 38.5 Å².